The Kier molecular flexibility index (Phi) is 3.99. The summed E-state index contributed by atoms with van der Waals surface area (Å²) in [5.41, 5.74) is 5.32. The van der Waals surface area contributed by atoms with E-state index in [1.165, 1.54) is 0 Å². The number of benzene rings is 2. The lowest BCUT2D eigenvalue weighted by Crippen LogP contribution is -2.26. The number of halogens is 1. The third kappa shape index (κ3) is 2.77. The van der Waals surface area contributed by atoms with Crippen molar-refractivity contribution >= 4 is 26.7 Å². The molecular weight excluding hydrogens is 282 g/mol. The van der Waals surface area contributed by atoms with Gasteiger partial charge in [-0.2, -0.15) is 0 Å². The molecule has 0 saturated carbocycles. The highest BCUT2D eigenvalue weighted by Crippen LogP contribution is 2.32. The van der Waals surface area contributed by atoms with E-state index in [-0.39, 0.29) is 13.2 Å². The number of fused-ring (bicyclic) bond motifs is 1. The van der Waals surface area contributed by atoms with Crippen LogP contribution in [0.15, 0.2) is 40.9 Å². The first kappa shape index (κ1) is 12.4. The second-order valence-corrected chi connectivity index (χ2v) is 4.59. The Morgan fingerprint density at radius 1 is 1.24 bits per heavy atom. The quantitative estimate of drug-likeness (QED) is 0.910. The average Bonchev–Trinajstić information content (AvgIpc) is 2.38. The van der Waals surface area contributed by atoms with Crippen molar-refractivity contribution in [1.29, 1.82) is 0 Å². The predicted molar refractivity (Wildman–Crippen MR) is 72.2 cm³/mol. The Balaban J connectivity index is 2.26. The van der Waals surface area contributed by atoms with Crippen molar-refractivity contribution in [3.63, 3.8) is 0 Å². The molecule has 0 bridgehead atoms. The minimum Gasteiger partial charge on any atom is -0.490 e. The van der Waals surface area contributed by atoms with Gasteiger partial charge in [0, 0.05) is 6.54 Å². The van der Waals surface area contributed by atoms with Crippen LogP contribution in [0.4, 0.5) is 0 Å². The third-order valence-corrected chi connectivity index (χ3v) is 3.35. The van der Waals surface area contributed by atoms with Crippen molar-refractivity contribution in [3.05, 3.63) is 40.9 Å². The molecule has 90 valence electrons. The number of rotatable bonds is 4. The Morgan fingerprint density at radius 3 is 2.76 bits per heavy atom. The molecule has 0 aromatic heterocycles. The average molecular weight is 296 g/mol. The molecule has 2 aromatic carbocycles. The van der Waals surface area contributed by atoms with Crippen molar-refractivity contribution < 1.29 is 9.84 Å². The van der Waals surface area contributed by atoms with Gasteiger partial charge in [0.05, 0.1) is 4.47 Å². The Hall–Kier alpha value is -1.10. The van der Waals surface area contributed by atoms with Crippen LogP contribution in [0.5, 0.6) is 5.75 Å². The number of hydrogen-bond donors (Lipinski definition) is 2. The van der Waals surface area contributed by atoms with Gasteiger partial charge in [0.2, 0.25) is 0 Å². The van der Waals surface area contributed by atoms with E-state index in [1.54, 1.807) is 0 Å². The van der Waals surface area contributed by atoms with Crippen LogP contribution in [0.25, 0.3) is 10.8 Å². The number of ether oxygens (including phenoxy) is 1. The molecule has 4 heteroatoms. The van der Waals surface area contributed by atoms with Crippen molar-refractivity contribution in [3.8, 4) is 5.75 Å². The summed E-state index contributed by atoms with van der Waals surface area (Å²) in [6.07, 6.45) is -0.631. The Labute approximate surface area is 108 Å². The molecule has 2 rings (SSSR count). The minimum absolute atomic E-state index is 0.200. The first-order valence-corrected chi connectivity index (χ1v) is 6.20. The molecule has 0 amide bonds. The van der Waals surface area contributed by atoms with Gasteiger partial charge < -0.3 is 15.6 Å². The molecule has 3 nitrogen and oxygen atoms in total. The van der Waals surface area contributed by atoms with Gasteiger partial charge in [-0.25, -0.2) is 0 Å². The van der Waals surface area contributed by atoms with E-state index < -0.39 is 6.10 Å². The minimum atomic E-state index is -0.631. The van der Waals surface area contributed by atoms with Crippen LogP contribution >= 0.6 is 15.9 Å². The molecule has 0 aliphatic rings. The normalized spacial score (nSPS) is 12.6. The van der Waals surface area contributed by atoms with Gasteiger partial charge in [0.15, 0.2) is 0 Å². The summed E-state index contributed by atoms with van der Waals surface area (Å²) < 4.78 is 6.42. The van der Waals surface area contributed by atoms with Gasteiger partial charge in [-0.05, 0) is 32.8 Å². The molecule has 0 aliphatic heterocycles. The SMILES string of the molecule is NC[C@H](O)COc1ccc2ccccc2c1Br. The Bertz CT molecular complexity index is 516. The summed E-state index contributed by atoms with van der Waals surface area (Å²) >= 11 is 3.52. The van der Waals surface area contributed by atoms with E-state index in [9.17, 15) is 5.11 Å². The van der Waals surface area contributed by atoms with Gasteiger partial charge in [-0.15, -0.1) is 0 Å². The first-order chi connectivity index (χ1) is 8.22. The van der Waals surface area contributed by atoms with Gasteiger partial charge >= 0.3 is 0 Å². The number of nitrogens with two attached hydrogens (primary N) is 1. The number of hydrogen-bond acceptors (Lipinski definition) is 3. The summed E-state index contributed by atoms with van der Waals surface area (Å²) in [5, 5.41) is 11.6. The maximum Gasteiger partial charge on any atom is 0.134 e. The summed E-state index contributed by atoms with van der Waals surface area (Å²) in [6, 6.07) is 11.9. The zero-order valence-electron chi connectivity index (χ0n) is 9.27. The summed E-state index contributed by atoms with van der Waals surface area (Å²) in [7, 11) is 0. The fourth-order valence-corrected chi connectivity index (χ4v) is 2.19. The van der Waals surface area contributed by atoms with Crippen LogP contribution in [0.1, 0.15) is 0 Å². The van der Waals surface area contributed by atoms with E-state index >= 15 is 0 Å². The van der Waals surface area contributed by atoms with Gasteiger partial charge in [-0.1, -0.05) is 30.3 Å². The highest BCUT2D eigenvalue weighted by Gasteiger charge is 2.08. The fraction of sp³-hybridized carbons (Fsp3) is 0.231. The molecule has 3 N–H and O–H groups in total. The largest absolute Gasteiger partial charge is 0.490 e. The lowest BCUT2D eigenvalue weighted by molar-refractivity contribution is 0.114. The topological polar surface area (TPSA) is 55.5 Å². The van der Waals surface area contributed by atoms with E-state index in [0.29, 0.717) is 0 Å². The van der Waals surface area contributed by atoms with Crippen molar-refractivity contribution in [1.82, 2.24) is 0 Å². The van der Waals surface area contributed by atoms with Gasteiger partial charge in [-0.3, -0.25) is 0 Å². The maximum atomic E-state index is 9.36. The van der Waals surface area contributed by atoms with Crippen LogP contribution in [0.3, 0.4) is 0 Å². The van der Waals surface area contributed by atoms with Crippen LogP contribution in [-0.4, -0.2) is 24.4 Å². The first-order valence-electron chi connectivity index (χ1n) is 5.40. The van der Waals surface area contributed by atoms with E-state index in [1.807, 2.05) is 36.4 Å². The van der Waals surface area contributed by atoms with Gasteiger partial charge in [0.1, 0.15) is 18.5 Å². The smallest absolute Gasteiger partial charge is 0.134 e. The molecular formula is C13H14BrNO2. The lowest BCUT2D eigenvalue weighted by atomic mass is 10.1. The van der Waals surface area contributed by atoms with Crippen LogP contribution in [0, 0.1) is 0 Å². The second-order valence-electron chi connectivity index (χ2n) is 3.80. The van der Waals surface area contributed by atoms with Crippen LogP contribution in [-0.2, 0) is 0 Å². The van der Waals surface area contributed by atoms with Crippen molar-refractivity contribution in [2.75, 3.05) is 13.2 Å². The standard InChI is InChI=1S/C13H14BrNO2/c14-13-11-4-2-1-3-9(11)5-6-12(13)17-8-10(16)7-15/h1-6,10,16H,7-8,15H2/t10-/m0/s1. The van der Waals surface area contributed by atoms with E-state index in [0.717, 1.165) is 21.0 Å². The fourth-order valence-electron chi connectivity index (χ4n) is 1.58. The van der Waals surface area contributed by atoms with E-state index in [4.69, 9.17) is 10.5 Å². The molecule has 0 radical (unpaired) electrons. The molecule has 0 unspecified atom stereocenters. The zero-order valence-corrected chi connectivity index (χ0v) is 10.9. The number of aliphatic hydroxyl groups excluding tert-OH is 1. The van der Waals surface area contributed by atoms with Crippen LogP contribution < -0.4 is 10.5 Å². The van der Waals surface area contributed by atoms with Gasteiger partial charge in [0.25, 0.3) is 0 Å². The van der Waals surface area contributed by atoms with Crippen LogP contribution in [0.2, 0.25) is 0 Å². The monoisotopic (exact) mass is 295 g/mol. The maximum absolute atomic E-state index is 9.36. The molecule has 0 spiro atoms. The number of aliphatic hydroxyl groups is 1. The highest BCUT2D eigenvalue weighted by molar-refractivity contribution is 9.10. The van der Waals surface area contributed by atoms with Crippen molar-refractivity contribution in [2.24, 2.45) is 5.73 Å². The molecule has 0 fully saturated rings. The third-order valence-electron chi connectivity index (χ3n) is 2.53. The lowest BCUT2D eigenvalue weighted by Gasteiger charge is -2.12. The molecule has 0 heterocycles. The van der Waals surface area contributed by atoms with Crippen molar-refractivity contribution in [2.45, 2.75) is 6.10 Å². The summed E-state index contributed by atoms with van der Waals surface area (Å²) in [4.78, 5) is 0. The zero-order chi connectivity index (χ0) is 12.3. The molecule has 1 atom stereocenters. The summed E-state index contributed by atoms with van der Waals surface area (Å²) in [5.74, 6) is 0.719. The molecule has 0 saturated heterocycles. The molecule has 17 heavy (non-hydrogen) atoms. The molecule has 2 aromatic rings. The molecule has 0 aliphatic carbocycles. The van der Waals surface area contributed by atoms with E-state index in [2.05, 4.69) is 15.9 Å². The summed E-state index contributed by atoms with van der Waals surface area (Å²) in [6.45, 7) is 0.401. The highest BCUT2D eigenvalue weighted by atomic mass is 79.9. The second kappa shape index (κ2) is 5.49. The Morgan fingerprint density at radius 2 is 2.00 bits per heavy atom. The predicted octanol–water partition coefficient (Wildman–Crippen LogP) is 2.30.